The van der Waals surface area contributed by atoms with E-state index in [1.54, 1.807) is 0 Å². The number of thioether (sulfide) groups is 2. The van der Waals surface area contributed by atoms with Crippen LogP contribution in [0.2, 0.25) is 26.2 Å². The van der Waals surface area contributed by atoms with E-state index in [9.17, 15) is 10.2 Å². The van der Waals surface area contributed by atoms with E-state index in [0.717, 1.165) is 53.4 Å². The van der Waals surface area contributed by atoms with Gasteiger partial charge in [-0.25, -0.2) is 0 Å². The van der Waals surface area contributed by atoms with Crippen LogP contribution >= 0.6 is 23.5 Å². The van der Waals surface area contributed by atoms with Crippen LogP contribution in [0, 0.1) is 0 Å². The van der Waals surface area contributed by atoms with Crippen molar-refractivity contribution < 1.29 is 47.7 Å². The molecule has 2 N–H and O–H groups in total. The molecule has 70 heavy (non-hydrogen) atoms. The molecule has 2 aliphatic rings. The van der Waals surface area contributed by atoms with Crippen molar-refractivity contribution in [3.63, 3.8) is 0 Å². The van der Waals surface area contributed by atoms with Crippen LogP contribution in [0.5, 0.6) is 11.5 Å². The molecule has 369 valence electrons. The van der Waals surface area contributed by atoms with Gasteiger partial charge in [0.1, 0.15) is 11.5 Å². The molecule has 2 unspecified atom stereocenters. The Balaban J connectivity index is 0.000000619. The van der Waals surface area contributed by atoms with Crippen molar-refractivity contribution in [2.75, 3.05) is 13.2 Å². The van der Waals surface area contributed by atoms with Crippen LogP contribution in [0.4, 0.5) is 0 Å². The Morgan fingerprint density at radius 2 is 0.743 bits per heavy atom. The van der Waals surface area contributed by atoms with Gasteiger partial charge in [-0.1, -0.05) is 239 Å². The van der Waals surface area contributed by atoms with Crippen LogP contribution in [-0.2, 0) is 59.1 Å². The number of benzene rings is 6. The molecule has 1 aliphatic heterocycles. The molecule has 2 fully saturated rings. The van der Waals surface area contributed by atoms with E-state index < -0.39 is 10.8 Å². The SMILES string of the molecule is C1CCOC1.CC(C)(c1ccccc1)c1cc(SC2CCCC2Sc2cc(C(C)(C)c3ccccc3)cc(C(C)(C)c3ccccc3)c2O)c(O)c(C(C)(C)c2ccccc2)c1.C[Si](C)[N-][Si](C)C.[Y]. The number of hydrogen-bond acceptors (Lipinski definition) is 5. The Hall–Kier alpha value is -2.92. The second-order valence-corrected chi connectivity index (χ2v) is 28.5. The first-order chi connectivity index (χ1) is 32.7. The van der Waals surface area contributed by atoms with Crippen molar-refractivity contribution in [2.24, 2.45) is 0 Å². The molecule has 4 nitrogen and oxygen atoms in total. The third kappa shape index (κ3) is 14.4. The minimum Gasteiger partial charge on any atom is -0.673 e. The van der Waals surface area contributed by atoms with Crippen molar-refractivity contribution in [1.82, 2.24) is 0 Å². The minimum absolute atomic E-state index is 0. The predicted octanol–water partition coefficient (Wildman–Crippen LogP) is 16.9. The molecule has 2 atom stereocenters. The smallest absolute Gasteiger partial charge is 0.133 e. The fraction of sp³-hybridized carbons (Fsp3) is 0.410. The first-order valence-corrected chi connectivity index (χ1v) is 31.6. The van der Waals surface area contributed by atoms with Crippen molar-refractivity contribution in [3.05, 3.63) is 195 Å². The molecule has 0 aromatic heterocycles. The van der Waals surface area contributed by atoms with Gasteiger partial charge < -0.3 is 19.6 Å². The fourth-order valence-electron chi connectivity index (χ4n) is 9.58. The topological polar surface area (TPSA) is 63.8 Å². The van der Waals surface area contributed by atoms with Gasteiger partial charge in [0.25, 0.3) is 0 Å². The first kappa shape index (κ1) is 58.0. The van der Waals surface area contributed by atoms with Crippen LogP contribution in [0.3, 0.4) is 0 Å². The molecule has 1 saturated carbocycles. The number of phenols is 2. The Morgan fingerprint density at radius 1 is 0.443 bits per heavy atom. The van der Waals surface area contributed by atoms with Crippen molar-refractivity contribution in [3.8, 4) is 11.5 Å². The Kier molecular flexibility index (Phi) is 21.4. The van der Waals surface area contributed by atoms with Gasteiger partial charge in [0.15, 0.2) is 0 Å². The maximum Gasteiger partial charge on any atom is 0.133 e. The normalized spacial score (nSPS) is 16.3. The Bertz CT molecular complexity index is 2360. The van der Waals surface area contributed by atoms with Gasteiger partial charge in [0.05, 0.1) is 9.79 Å². The van der Waals surface area contributed by atoms with Crippen molar-refractivity contribution >= 4 is 41.4 Å². The summed E-state index contributed by atoms with van der Waals surface area (Å²) in [5.74, 6) is 0.747. The van der Waals surface area contributed by atoms with Gasteiger partial charge >= 0.3 is 0 Å². The molecule has 0 spiro atoms. The molecule has 6 aromatic carbocycles. The van der Waals surface area contributed by atoms with Crippen LogP contribution in [0.25, 0.3) is 4.65 Å². The second-order valence-electron chi connectivity index (χ2n) is 21.3. The Labute approximate surface area is 460 Å². The van der Waals surface area contributed by atoms with Gasteiger partial charge in [-0.15, -0.1) is 23.5 Å². The molecule has 9 heteroatoms. The largest absolute Gasteiger partial charge is 0.673 e. The summed E-state index contributed by atoms with van der Waals surface area (Å²) in [5, 5.41) is 25.2. The zero-order valence-electron chi connectivity index (χ0n) is 44.1. The molecule has 8 rings (SSSR count). The third-order valence-electron chi connectivity index (χ3n) is 14.1. The molecular weight excluding hydrogens is 1000 g/mol. The number of phenolic OH excluding ortho intramolecular Hbond substituents is 2. The van der Waals surface area contributed by atoms with E-state index in [1.807, 2.05) is 23.5 Å². The second kappa shape index (κ2) is 25.8. The van der Waals surface area contributed by atoms with E-state index in [2.05, 4.69) is 232 Å². The van der Waals surface area contributed by atoms with Crippen molar-refractivity contribution in [2.45, 2.75) is 156 Å². The molecular formula is C61H78NO3S2Si2Y-. The van der Waals surface area contributed by atoms with E-state index in [-0.39, 0.29) is 72.0 Å². The number of aromatic hydroxyl groups is 2. The summed E-state index contributed by atoms with van der Waals surface area (Å²) in [6.07, 6.45) is 5.75. The van der Waals surface area contributed by atoms with Crippen LogP contribution in [-0.4, -0.2) is 51.8 Å². The predicted molar refractivity (Wildman–Crippen MR) is 302 cm³/mol. The molecule has 0 bridgehead atoms. The molecule has 1 aliphatic carbocycles. The van der Waals surface area contributed by atoms with Gasteiger partial charge in [0, 0.05) is 89.2 Å². The maximum atomic E-state index is 12.3. The number of ether oxygens (including phenoxy) is 1. The molecule has 6 aromatic rings. The zero-order chi connectivity index (χ0) is 50.0. The third-order valence-corrected chi connectivity index (χ3v) is 20.8. The summed E-state index contributed by atoms with van der Waals surface area (Å²) >= 11 is 3.65. The monoisotopic (exact) mass is 1080 g/mol. The van der Waals surface area contributed by atoms with Crippen LogP contribution in [0.1, 0.15) is 132 Å². The van der Waals surface area contributed by atoms with Crippen LogP contribution in [0.15, 0.2) is 155 Å². The van der Waals surface area contributed by atoms with Crippen LogP contribution < -0.4 is 0 Å². The van der Waals surface area contributed by atoms with Gasteiger partial charge in [0.2, 0.25) is 0 Å². The number of rotatable bonds is 14. The molecule has 3 radical (unpaired) electrons. The average molecular weight is 1080 g/mol. The van der Waals surface area contributed by atoms with E-state index >= 15 is 0 Å². The summed E-state index contributed by atoms with van der Waals surface area (Å²) < 4.78 is 9.43. The summed E-state index contributed by atoms with van der Waals surface area (Å²) in [6.45, 7) is 28.9. The standard InChI is InChI=1S/C53H58O2S2.C4H12NSi2.C4H8O.Y/c1-50(2,36-22-13-9-14-23-36)40-32-42(52(5,6)38-26-17-11-18-27-38)48(54)46(34-40)56-44-30-21-31-45(44)57-47-35-41(51(3,4)37-24-15-10-16-25-37)33-43(49(47)55)53(7,8)39-28-19-12-20-29-39;1-6(2)5-7(3)4;1-2-4-5-3-1;/h9-20,22-29,32-35,44-45,54-55H,21,30-31H2,1-8H3;1-4H3;1-4H2;/q;-1;;. The van der Waals surface area contributed by atoms with Gasteiger partial charge in [-0.3, -0.25) is 0 Å². The maximum absolute atomic E-state index is 12.3. The van der Waals surface area contributed by atoms with Gasteiger partial charge in [-0.05, 0) is 71.2 Å². The van der Waals surface area contributed by atoms with E-state index in [0.29, 0.717) is 11.5 Å². The van der Waals surface area contributed by atoms with E-state index in [1.165, 1.54) is 46.2 Å². The number of nitrogens with zero attached hydrogens (tertiary/aromatic N) is 1. The molecule has 0 amide bonds. The Morgan fingerprint density at radius 3 is 1.00 bits per heavy atom. The molecule has 1 heterocycles. The quantitative estimate of drug-likeness (QED) is 0.106. The van der Waals surface area contributed by atoms with Gasteiger partial charge in [-0.2, -0.15) is 0 Å². The van der Waals surface area contributed by atoms with Crippen molar-refractivity contribution in [1.29, 1.82) is 0 Å². The summed E-state index contributed by atoms with van der Waals surface area (Å²) in [7, 11) is -0.528. The number of hydrogen-bond donors (Lipinski definition) is 2. The average Bonchev–Trinajstić information content (AvgIpc) is 4.07. The zero-order valence-corrected chi connectivity index (χ0v) is 50.6. The molecule has 1 saturated heterocycles. The fourth-order valence-corrected chi connectivity index (χ4v) is 16.1. The first-order valence-electron chi connectivity index (χ1n) is 25.0. The minimum atomic E-state index is -0.424. The summed E-state index contributed by atoms with van der Waals surface area (Å²) in [4.78, 5) is 1.86. The summed E-state index contributed by atoms with van der Waals surface area (Å²) in [6, 6.07) is 51.5. The van der Waals surface area contributed by atoms with E-state index in [4.69, 9.17) is 4.74 Å². The summed E-state index contributed by atoms with van der Waals surface area (Å²) in [5.41, 5.74) is 7.69.